The van der Waals surface area contributed by atoms with Crippen LogP contribution in [0, 0.1) is 56.7 Å². The SMILES string of the molecule is C=C(C)[C@@H]1CC[C@]2(COP(=O)(O)O)CC[C@]3(C)[C@H](CC[C@@H]4[C@@]5(C)CC[C@H](OP(=O)(O)O)C(C)(C)[C@@H]5CC[C@]43C)[C@@H]12. The Morgan fingerprint density at radius 2 is 1.48 bits per heavy atom. The second kappa shape index (κ2) is 9.73. The monoisotopic (exact) mass is 602 g/mol. The lowest BCUT2D eigenvalue weighted by atomic mass is 9.32. The van der Waals surface area contributed by atoms with Gasteiger partial charge >= 0.3 is 15.6 Å². The summed E-state index contributed by atoms with van der Waals surface area (Å²) in [5.74, 6) is 1.91. The molecule has 5 fully saturated rings. The van der Waals surface area contributed by atoms with Gasteiger partial charge < -0.3 is 19.6 Å². The molecular weight excluding hydrogens is 550 g/mol. The molecule has 0 aromatic carbocycles. The molecule has 10 atom stereocenters. The second-order valence-corrected chi connectivity index (χ2v) is 18.2. The van der Waals surface area contributed by atoms with E-state index in [4.69, 9.17) is 9.05 Å². The molecule has 8 nitrogen and oxygen atoms in total. The fraction of sp³-hybridized carbons (Fsp3) is 0.933. The number of hydrogen-bond acceptors (Lipinski definition) is 4. The predicted molar refractivity (Wildman–Crippen MR) is 154 cm³/mol. The maximum atomic E-state index is 11.8. The molecule has 0 unspecified atom stereocenters. The van der Waals surface area contributed by atoms with Gasteiger partial charge in [0.2, 0.25) is 0 Å². The van der Waals surface area contributed by atoms with E-state index in [0.29, 0.717) is 36.0 Å². The Labute approximate surface area is 240 Å². The second-order valence-electron chi connectivity index (χ2n) is 15.8. The Balaban J connectivity index is 1.49. The van der Waals surface area contributed by atoms with Crippen molar-refractivity contribution in [1.82, 2.24) is 0 Å². The number of fused-ring (bicyclic) bond motifs is 7. The average Bonchev–Trinajstić information content (AvgIpc) is 3.19. The van der Waals surface area contributed by atoms with Crippen molar-refractivity contribution in [3.8, 4) is 0 Å². The Bertz CT molecular complexity index is 1130. The molecule has 0 saturated heterocycles. The summed E-state index contributed by atoms with van der Waals surface area (Å²) in [5, 5.41) is 0. The van der Waals surface area contributed by atoms with Gasteiger partial charge in [-0.2, -0.15) is 0 Å². The van der Waals surface area contributed by atoms with Crippen LogP contribution < -0.4 is 0 Å². The minimum Gasteiger partial charge on any atom is -0.303 e. The fourth-order valence-electron chi connectivity index (χ4n) is 12.1. The summed E-state index contributed by atoms with van der Waals surface area (Å²) in [4.78, 5) is 38.4. The van der Waals surface area contributed by atoms with Crippen LogP contribution in [0.2, 0.25) is 0 Å². The third kappa shape index (κ3) is 4.71. The summed E-state index contributed by atoms with van der Waals surface area (Å²) >= 11 is 0. The van der Waals surface area contributed by atoms with Crippen LogP contribution in [0.5, 0.6) is 0 Å². The molecule has 5 saturated carbocycles. The normalized spacial score (nSPS) is 48.5. The molecule has 5 aliphatic carbocycles. The van der Waals surface area contributed by atoms with Crippen LogP contribution in [0.3, 0.4) is 0 Å². The molecule has 0 aromatic rings. The molecule has 5 rings (SSSR count). The molecule has 0 aromatic heterocycles. The van der Waals surface area contributed by atoms with Crippen LogP contribution in [0.25, 0.3) is 0 Å². The molecular formula is C30H52O8P2. The average molecular weight is 603 g/mol. The van der Waals surface area contributed by atoms with Crippen LogP contribution in [0.15, 0.2) is 12.2 Å². The fourth-order valence-corrected chi connectivity index (χ4v) is 13.2. The van der Waals surface area contributed by atoms with E-state index in [1.54, 1.807) is 0 Å². The summed E-state index contributed by atoms with van der Waals surface area (Å²) < 4.78 is 34.3. The number of hydrogen-bond donors (Lipinski definition) is 4. The van der Waals surface area contributed by atoms with Gasteiger partial charge in [0.05, 0.1) is 12.7 Å². The predicted octanol–water partition coefficient (Wildman–Crippen LogP) is 7.23. The molecule has 0 radical (unpaired) electrons. The van der Waals surface area contributed by atoms with E-state index >= 15 is 0 Å². The van der Waals surface area contributed by atoms with Crippen LogP contribution in [-0.2, 0) is 18.2 Å². The van der Waals surface area contributed by atoms with E-state index < -0.39 is 21.7 Å². The van der Waals surface area contributed by atoms with E-state index in [9.17, 15) is 28.7 Å². The van der Waals surface area contributed by atoms with E-state index in [1.165, 1.54) is 5.57 Å². The summed E-state index contributed by atoms with van der Waals surface area (Å²) in [6, 6.07) is 0. The third-order valence-electron chi connectivity index (χ3n) is 14.0. The molecule has 5 aliphatic rings. The first-order valence-electron chi connectivity index (χ1n) is 15.3. The van der Waals surface area contributed by atoms with Gasteiger partial charge in [-0.05, 0) is 128 Å². The number of rotatable bonds is 6. The highest BCUT2D eigenvalue weighted by atomic mass is 31.2. The highest BCUT2D eigenvalue weighted by Crippen LogP contribution is 2.78. The Kier molecular flexibility index (Phi) is 7.63. The van der Waals surface area contributed by atoms with Gasteiger partial charge in [-0.1, -0.05) is 46.8 Å². The first kappa shape index (κ1) is 31.4. The van der Waals surface area contributed by atoms with E-state index in [-0.39, 0.29) is 33.7 Å². The molecule has 230 valence electrons. The van der Waals surface area contributed by atoms with Crippen molar-refractivity contribution < 1.29 is 37.8 Å². The Morgan fingerprint density at radius 1 is 0.800 bits per heavy atom. The summed E-state index contributed by atoms with van der Waals surface area (Å²) in [7, 11) is -9.13. The highest BCUT2D eigenvalue weighted by molar-refractivity contribution is 7.46. The van der Waals surface area contributed by atoms with Crippen molar-refractivity contribution in [1.29, 1.82) is 0 Å². The maximum absolute atomic E-state index is 11.8. The molecule has 10 heteroatoms. The molecule has 0 spiro atoms. The number of phosphoric acid groups is 2. The first-order chi connectivity index (χ1) is 18.2. The van der Waals surface area contributed by atoms with Gasteiger partial charge in [0.25, 0.3) is 0 Å². The standard InChI is InChI=1S/C30H52O8P2/c1-19(2)20-10-15-30(18-37-39(31,32)33)17-16-28(6)21(25(20)30)8-9-23-27(5)13-12-24(38-40(34,35)36)26(3,4)22(27)11-14-29(23,28)7/h20-25H,1,8-18H2,2-7H3,(H2,31,32,33)(H2,34,35,36)/t20-,21+,22-,23+,24-,25+,27-,28+,29+,30+/m0/s1. The molecule has 0 aliphatic heterocycles. The van der Waals surface area contributed by atoms with Gasteiger partial charge in [-0.25, -0.2) is 9.13 Å². The Hall–Kier alpha value is -0.0400. The maximum Gasteiger partial charge on any atom is 0.469 e. The molecule has 40 heavy (non-hydrogen) atoms. The smallest absolute Gasteiger partial charge is 0.303 e. The summed E-state index contributed by atoms with van der Waals surface area (Å²) in [6.45, 7) is 18.4. The van der Waals surface area contributed by atoms with E-state index in [0.717, 1.165) is 57.8 Å². The van der Waals surface area contributed by atoms with Crippen molar-refractivity contribution >= 4 is 15.6 Å². The molecule has 0 amide bonds. The third-order valence-corrected chi connectivity index (χ3v) is 15.0. The quantitative estimate of drug-likeness (QED) is 0.185. The van der Waals surface area contributed by atoms with Gasteiger partial charge in [0.15, 0.2) is 0 Å². The van der Waals surface area contributed by atoms with E-state index in [1.807, 2.05) is 0 Å². The van der Waals surface area contributed by atoms with Crippen molar-refractivity contribution in [3.63, 3.8) is 0 Å². The van der Waals surface area contributed by atoms with Crippen LogP contribution in [-0.4, -0.2) is 32.3 Å². The van der Waals surface area contributed by atoms with Crippen LogP contribution in [0.4, 0.5) is 0 Å². The van der Waals surface area contributed by atoms with Crippen molar-refractivity contribution in [2.45, 2.75) is 112 Å². The Morgan fingerprint density at radius 3 is 2.08 bits per heavy atom. The topological polar surface area (TPSA) is 134 Å². The van der Waals surface area contributed by atoms with Crippen LogP contribution >= 0.6 is 15.6 Å². The molecule has 4 N–H and O–H groups in total. The zero-order valence-corrected chi connectivity index (χ0v) is 27.1. The minimum absolute atomic E-state index is 0.0563. The largest absolute Gasteiger partial charge is 0.469 e. The highest BCUT2D eigenvalue weighted by Gasteiger charge is 2.71. The van der Waals surface area contributed by atoms with Crippen molar-refractivity contribution in [2.24, 2.45) is 56.7 Å². The van der Waals surface area contributed by atoms with Crippen molar-refractivity contribution in [2.75, 3.05) is 6.61 Å². The van der Waals surface area contributed by atoms with Gasteiger partial charge in [-0.15, -0.1) is 0 Å². The zero-order valence-electron chi connectivity index (χ0n) is 25.3. The lowest BCUT2D eigenvalue weighted by Crippen LogP contribution is -2.67. The van der Waals surface area contributed by atoms with Gasteiger partial charge in [0, 0.05) is 0 Å². The van der Waals surface area contributed by atoms with E-state index in [2.05, 4.69) is 48.1 Å². The molecule has 0 heterocycles. The molecule has 0 bridgehead atoms. The lowest BCUT2D eigenvalue weighted by Gasteiger charge is -2.73. The number of phosphoric ester groups is 2. The number of allylic oxidation sites excluding steroid dienone is 1. The lowest BCUT2D eigenvalue weighted by molar-refractivity contribution is -0.248. The minimum atomic E-state index is -4.57. The van der Waals surface area contributed by atoms with Gasteiger partial charge in [-0.3, -0.25) is 9.05 Å². The summed E-state index contributed by atoms with van der Waals surface area (Å²) in [6.07, 6.45) is 9.28. The van der Waals surface area contributed by atoms with Crippen LogP contribution in [0.1, 0.15) is 106 Å². The summed E-state index contributed by atoms with van der Waals surface area (Å²) in [5.41, 5.74) is 0.861. The van der Waals surface area contributed by atoms with Crippen molar-refractivity contribution in [3.05, 3.63) is 12.2 Å². The van der Waals surface area contributed by atoms with Gasteiger partial charge in [0.1, 0.15) is 0 Å². The first-order valence-corrected chi connectivity index (χ1v) is 18.4. The zero-order chi connectivity index (χ0) is 29.7.